The van der Waals surface area contributed by atoms with Gasteiger partial charge in [-0.3, -0.25) is 14.8 Å². The minimum atomic E-state index is -1.29. The SMILES string of the molecule is CC(O)C(NC(=O)c1ccc(/C(N)=C/N(N)Cc2ccccc2)cc1)C(=O)NO. The van der Waals surface area contributed by atoms with E-state index in [9.17, 15) is 14.7 Å². The first-order chi connectivity index (χ1) is 13.8. The lowest BCUT2D eigenvalue weighted by Gasteiger charge is -2.19. The fourth-order valence-electron chi connectivity index (χ4n) is 2.61. The first-order valence-electron chi connectivity index (χ1n) is 8.87. The number of carbonyl (C=O) groups is 2. The molecule has 0 aliphatic carbocycles. The normalized spacial score (nSPS) is 13.3. The second-order valence-electron chi connectivity index (χ2n) is 6.49. The number of aliphatic hydroxyl groups is 1. The zero-order valence-corrected chi connectivity index (χ0v) is 15.9. The van der Waals surface area contributed by atoms with E-state index in [1.807, 2.05) is 30.3 Å². The highest BCUT2D eigenvalue weighted by atomic mass is 16.5. The molecule has 2 aromatic rings. The molecule has 0 aliphatic heterocycles. The average molecular weight is 399 g/mol. The number of aliphatic hydroxyl groups excluding tert-OH is 1. The van der Waals surface area contributed by atoms with Crippen molar-refractivity contribution in [3.05, 3.63) is 77.5 Å². The van der Waals surface area contributed by atoms with Gasteiger partial charge >= 0.3 is 0 Å². The lowest BCUT2D eigenvalue weighted by Crippen LogP contribution is -2.51. The van der Waals surface area contributed by atoms with Crippen LogP contribution in [0, 0.1) is 0 Å². The van der Waals surface area contributed by atoms with Crippen molar-refractivity contribution in [3.63, 3.8) is 0 Å². The molecule has 9 nitrogen and oxygen atoms in total. The Morgan fingerprint density at radius 3 is 2.24 bits per heavy atom. The van der Waals surface area contributed by atoms with Gasteiger partial charge in [-0.1, -0.05) is 42.5 Å². The zero-order valence-electron chi connectivity index (χ0n) is 15.9. The average Bonchev–Trinajstić information content (AvgIpc) is 2.71. The topological polar surface area (TPSA) is 154 Å². The quantitative estimate of drug-likeness (QED) is 0.212. The van der Waals surface area contributed by atoms with E-state index in [4.69, 9.17) is 16.8 Å². The van der Waals surface area contributed by atoms with Gasteiger partial charge in [0.1, 0.15) is 6.04 Å². The Hall–Kier alpha value is -3.40. The Kier molecular flexibility index (Phi) is 7.72. The molecule has 0 radical (unpaired) electrons. The van der Waals surface area contributed by atoms with Gasteiger partial charge in [0.2, 0.25) is 0 Å². The fraction of sp³-hybridized carbons (Fsp3) is 0.200. The molecular weight excluding hydrogens is 374 g/mol. The van der Waals surface area contributed by atoms with Crippen LogP contribution in [0.3, 0.4) is 0 Å². The van der Waals surface area contributed by atoms with Crippen LogP contribution in [0.25, 0.3) is 5.70 Å². The fourth-order valence-corrected chi connectivity index (χ4v) is 2.61. The molecule has 0 saturated carbocycles. The van der Waals surface area contributed by atoms with Gasteiger partial charge in [-0.25, -0.2) is 11.3 Å². The van der Waals surface area contributed by atoms with Crippen LogP contribution in [-0.2, 0) is 11.3 Å². The van der Waals surface area contributed by atoms with Gasteiger partial charge in [0.15, 0.2) is 0 Å². The van der Waals surface area contributed by atoms with Crippen molar-refractivity contribution in [2.45, 2.75) is 25.6 Å². The second-order valence-corrected chi connectivity index (χ2v) is 6.49. The zero-order chi connectivity index (χ0) is 21.4. The molecule has 0 aliphatic rings. The highest BCUT2D eigenvalue weighted by molar-refractivity contribution is 5.97. The molecule has 2 aromatic carbocycles. The van der Waals surface area contributed by atoms with Crippen LogP contribution in [0.4, 0.5) is 0 Å². The van der Waals surface area contributed by atoms with Crippen molar-refractivity contribution in [2.75, 3.05) is 0 Å². The monoisotopic (exact) mass is 399 g/mol. The number of nitrogens with zero attached hydrogens (tertiary/aromatic N) is 1. The molecule has 29 heavy (non-hydrogen) atoms. The van der Waals surface area contributed by atoms with Crippen LogP contribution in [0.1, 0.15) is 28.4 Å². The molecule has 0 spiro atoms. The summed E-state index contributed by atoms with van der Waals surface area (Å²) in [5.74, 6) is 4.47. The Balaban J connectivity index is 2.04. The highest BCUT2D eigenvalue weighted by Gasteiger charge is 2.25. The smallest absolute Gasteiger partial charge is 0.268 e. The molecular formula is C20H25N5O4. The molecule has 2 atom stereocenters. The maximum Gasteiger partial charge on any atom is 0.268 e. The molecule has 0 heterocycles. The van der Waals surface area contributed by atoms with Gasteiger partial charge in [-0.15, -0.1) is 0 Å². The predicted molar refractivity (Wildman–Crippen MR) is 108 cm³/mol. The molecule has 0 saturated heterocycles. The van der Waals surface area contributed by atoms with Crippen LogP contribution in [0.15, 0.2) is 60.8 Å². The van der Waals surface area contributed by atoms with E-state index < -0.39 is 24.0 Å². The third-order valence-corrected chi connectivity index (χ3v) is 4.15. The van der Waals surface area contributed by atoms with Crippen molar-refractivity contribution in [2.24, 2.45) is 11.6 Å². The van der Waals surface area contributed by atoms with E-state index in [1.54, 1.807) is 18.3 Å². The first kappa shape index (κ1) is 21.9. The van der Waals surface area contributed by atoms with E-state index in [0.29, 0.717) is 17.8 Å². The molecule has 154 valence electrons. The maximum absolute atomic E-state index is 12.3. The number of carbonyl (C=O) groups excluding carboxylic acids is 2. The van der Waals surface area contributed by atoms with E-state index in [-0.39, 0.29) is 5.56 Å². The van der Waals surface area contributed by atoms with Crippen LogP contribution in [-0.4, -0.2) is 39.3 Å². The molecule has 2 amide bonds. The molecule has 0 aromatic heterocycles. The number of hydrazine groups is 1. The molecule has 0 fully saturated rings. The van der Waals surface area contributed by atoms with Crippen molar-refractivity contribution in [1.82, 2.24) is 15.8 Å². The van der Waals surface area contributed by atoms with E-state index in [1.165, 1.54) is 29.5 Å². The number of hydroxylamine groups is 1. The lowest BCUT2D eigenvalue weighted by atomic mass is 10.1. The van der Waals surface area contributed by atoms with Gasteiger partial charge in [-0.05, 0) is 30.2 Å². The number of nitrogens with one attached hydrogen (secondary N) is 2. The van der Waals surface area contributed by atoms with Gasteiger partial charge in [0, 0.05) is 11.8 Å². The van der Waals surface area contributed by atoms with Crippen molar-refractivity contribution >= 4 is 17.5 Å². The predicted octanol–water partition coefficient (Wildman–Crippen LogP) is 0.304. The summed E-state index contributed by atoms with van der Waals surface area (Å²) in [4.78, 5) is 23.8. The molecule has 8 N–H and O–H groups in total. The number of amides is 2. The standard InChI is InChI=1S/C20H25N5O4/c1-13(26)18(20(28)24-29)23-19(27)16-9-7-15(8-10-16)17(21)12-25(22)11-14-5-3-2-4-6-14/h2-10,12-13,18,26,29H,11,21-22H2,1H3,(H,23,27)(H,24,28)/b17-12-. The van der Waals surface area contributed by atoms with E-state index in [0.717, 1.165) is 5.56 Å². The Morgan fingerprint density at radius 2 is 1.69 bits per heavy atom. The van der Waals surface area contributed by atoms with Gasteiger partial charge in [0.25, 0.3) is 11.8 Å². The van der Waals surface area contributed by atoms with Crippen molar-refractivity contribution < 1.29 is 19.9 Å². The largest absolute Gasteiger partial charge is 0.397 e. The number of nitrogens with two attached hydrogens (primary N) is 2. The number of hydrogen-bond acceptors (Lipinski definition) is 7. The Morgan fingerprint density at radius 1 is 1.10 bits per heavy atom. The van der Waals surface area contributed by atoms with Crippen molar-refractivity contribution in [1.29, 1.82) is 0 Å². The minimum absolute atomic E-state index is 0.256. The first-order valence-corrected chi connectivity index (χ1v) is 8.87. The molecule has 2 unspecified atom stereocenters. The summed E-state index contributed by atoms with van der Waals surface area (Å²) in [6.45, 7) is 1.80. The molecule has 0 bridgehead atoms. The van der Waals surface area contributed by atoms with E-state index in [2.05, 4.69) is 5.32 Å². The Labute approximate surface area is 168 Å². The lowest BCUT2D eigenvalue weighted by molar-refractivity contribution is -0.133. The summed E-state index contributed by atoms with van der Waals surface area (Å²) < 4.78 is 0. The van der Waals surface area contributed by atoms with Crippen LogP contribution < -0.4 is 22.4 Å². The number of hydrogen-bond donors (Lipinski definition) is 6. The van der Waals surface area contributed by atoms with Crippen molar-refractivity contribution in [3.8, 4) is 0 Å². The van der Waals surface area contributed by atoms with Crippen LogP contribution in [0.2, 0.25) is 0 Å². The molecule has 9 heteroatoms. The van der Waals surface area contributed by atoms with E-state index >= 15 is 0 Å². The molecule has 2 rings (SSSR count). The summed E-state index contributed by atoms with van der Waals surface area (Å²) in [6, 6.07) is 14.7. The number of rotatable bonds is 8. The third kappa shape index (κ3) is 6.32. The Bertz CT molecular complexity index is 853. The van der Waals surface area contributed by atoms with Gasteiger partial charge < -0.3 is 21.2 Å². The summed E-state index contributed by atoms with van der Waals surface area (Å²) in [7, 11) is 0. The third-order valence-electron chi connectivity index (χ3n) is 4.15. The maximum atomic E-state index is 12.3. The summed E-state index contributed by atoms with van der Waals surface area (Å²) >= 11 is 0. The second kappa shape index (κ2) is 10.2. The van der Waals surface area contributed by atoms with Crippen LogP contribution in [0.5, 0.6) is 0 Å². The summed E-state index contributed by atoms with van der Waals surface area (Å²) in [5.41, 5.74) is 9.85. The highest BCUT2D eigenvalue weighted by Crippen LogP contribution is 2.12. The van der Waals surface area contributed by atoms with Crippen LogP contribution >= 0.6 is 0 Å². The summed E-state index contributed by atoms with van der Waals surface area (Å²) in [5, 5.41) is 22.1. The van der Waals surface area contributed by atoms with Gasteiger partial charge in [0.05, 0.1) is 18.3 Å². The minimum Gasteiger partial charge on any atom is -0.397 e. The summed E-state index contributed by atoms with van der Waals surface area (Å²) in [6.07, 6.45) is 0.404. The van der Waals surface area contributed by atoms with Gasteiger partial charge in [-0.2, -0.15) is 0 Å². The number of benzene rings is 2.